The molecule has 0 spiro atoms. The Morgan fingerprint density at radius 3 is 2.62 bits per heavy atom. The van der Waals surface area contributed by atoms with Crippen LogP contribution in [0.25, 0.3) is 0 Å². The van der Waals surface area contributed by atoms with Crippen molar-refractivity contribution in [2.45, 2.75) is 25.7 Å². The number of nitrogens with two attached hydrogens (primary N) is 1. The van der Waals surface area contributed by atoms with Gasteiger partial charge in [0, 0.05) is 6.42 Å². The minimum atomic E-state index is -0.0953. The molecule has 0 atom stereocenters. The van der Waals surface area contributed by atoms with E-state index >= 15 is 0 Å². The van der Waals surface area contributed by atoms with E-state index in [0.717, 1.165) is 25.0 Å². The van der Waals surface area contributed by atoms with Gasteiger partial charge < -0.3 is 10.7 Å². The zero-order chi connectivity index (χ0) is 10.1. The predicted molar refractivity (Wildman–Crippen MR) is 60.4 cm³/mol. The Morgan fingerprint density at radius 2 is 2.08 bits per heavy atom. The monoisotopic (exact) mass is 221 g/mol. The molecule has 0 radical (unpaired) electrons. The maximum Gasteiger partial charge on any atom is 0.226 e. The summed E-state index contributed by atoms with van der Waals surface area (Å²) in [5.74, 6) is 5.75. The van der Waals surface area contributed by atoms with Crippen LogP contribution in [-0.4, -0.2) is 16.8 Å². The molecule has 0 aromatic carbocycles. The van der Waals surface area contributed by atoms with E-state index in [1.807, 2.05) is 0 Å². The maximum absolute atomic E-state index is 11.1. The van der Waals surface area contributed by atoms with Crippen molar-refractivity contribution in [3.8, 4) is 0 Å². The minimum Gasteiger partial charge on any atom is -0.302 e. The second-order valence-corrected chi connectivity index (χ2v) is 3.41. The zero-order valence-corrected chi connectivity index (χ0v) is 9.09. The number of amides is 1. The van der Waals surface area contributed by atoms with Crippen molar-refractivity contribution in [3.05, 3.63) is 0 Å². The average molecular weight is 221 g/mol. The van der Waals surface area contributed by atoms with Crippen LogP contribution in [0.5, 0.6) is 0 Å². The first-order valence-electron chi connectivity index (χ1n) is 4.12. The van der Waals surface area contributed by atoms with Crippen molar-refractivity contribution in [3.63, 3.8) is 0 Å². The van der Waals surface area contributed by atoms with Crippen LogP contribution >= 0.6 is 24.8 Å². The Bertz CT molecular complexity index is 175. The number of thiol groups is 1. The van der Waals surface area contributed by atoms with Gasteiger partial charge >= 0.3 is 0 Å². The van der Waals surface area contributed by atoms with Crippen molar-refractivity contribution >= 4 is 35.9 Å². The fourth-order valence-electron chi connectivity index (χ4n) is 0.799. The first-order chi connectivity index (χ1) is 6.20. The van der Waals surface area contributed by atoms with E-state index in [9.17, 15) is 4.79 Å². The zero-order valence-electron chi connectivity index (χ0n) is 7.38. The molecule has 0 saturated carbocycles. The van der Waals surface area contributed by atoms with Gasteiger partial charge in [0.05, 0.1) is 0 Å². The summed E-state index contributed by atoms with van der Waals surface area (Å²) in [6, 6.07) is 0. The molecule has 0 fully saturated rings. The first kappa shape index (κ1) is 12.7. The highest BCUT2D eigenvalue weighted by atomic mass is 32.1. The summed E-state index contributed by atoms with van der Waals surface area (Å²) in [7, 11) is 0. The molecule has 0 rings (SSSR count). The molecule has 4 N–H and O–H groups in total. The molecule has 6 heteroatoms. The molecule has 0 aliphatic rings. The van der Waals surface area contributed by atoms with Crippen molar-refractivity contribution in [1.82, 2.24) is 10.7 Å². The Hall–Kier alpha value is -0.330. The Balaban J connectivity index is 3.35. The Kier molecular flexibility index (Phi) is 8.07. The number of hydrogen-bond acceptors (Lipinski definition) is 4. The number of hydrazine groups is 1. The fraction of sp³-hybridized carbons (Fsp3) is 0.714. The van der Waals surface area contributed by atoms with Gasteiger partial charge in [-0.25, -0.2) is 5.84 Å². The molecule has 0 unspecified atom stereocenters. The molecule has 13 heavy (non-hydrogen) atoms. The third-order valence-corrected chi connectivity index (χ3v) is 1.98. The Labute approximate surface area is 89.0 Å². The van der Waals surface area contributed by atoms with E-state index < -0.39 is 0 Å². The van der Waals surface area contributed by atoms with Crippen LogP contribution in [-0.2, 0) is 4.79 Å². The van der Waals surface area contributed by atoms with Gasteiger partial charge in [0.1, 0.15) is 0 Å². The molecule has 0 aromatic rings. The largest absolute Gasteiger partial charge is 0.302 e. The van der Waals surface area contributed by atoms with E-state index in [2.05, 4.69) is 35.6 Å². The van der Waals surface area contributed by atoms with E-state index in [4.69, 9.17) is 5.84 Å². The quantitative estimate of drug-likeness (QED) is 0.178. The highest BCUT2D eigenvalue weighted by Crippen LogP contribution is 2.00. The van der Waals surface area contributed by atoms with Crippen LogP contribution in [0.4, 0.5) is 0 Å². The second-order valence-electron chi connectivity index (χ2n) is 2.56. The van der Waals surface area contributed by atoms with Crippen LogP contribution in [0, 0.1) is 0 Å². The van der Waals surface area contributed by atoms with Gasteiger partial charge in [0.15, 0.2) is 5.11 Å². The molecule has 0 aromatic heterocycles. The van der Waals surface area contributed by atoms with Crippen molar-refractivity contribution in [2.24, 2.45) is 5.84 Å². The van der Waals surface area contributed by atoms with E-state index in [1.54, 1.807) is 0 Å². The number of rotatable bonds is 5. The summed E-state index contributed by atoms with van der Waals surface area (Å²) >= 11 is 8.72. The van der Waals surface area contributed by atoms with Crippen LogP contribution in [0.1, 0.15) is 25.7 Å². The number of unbranched alkanes of at least 4 members (excludes halogenated alkanes) is 2. The SMILES string of the molecule is NNC(=S)NC(=O)CCCCCS. The minimum absolute atomic E-state index is 0.0953. The summed E-state index contributed by atoms with van der Waals surface area (Å²) < 4.78 is 0. The molecule has 0 aliphatic carbocycles. The van der Waals surface area contributed by atoms with Crippen LogP contribution in [0.15, 0.2) is 0 Å². The molecule has 0 aliphatic heterocycles. The topological polar surface area (TPSA) is 67.2 Å². The van der Waals surface area contributed by atoms with Crippen LogP contribution < -0.4 is 16.6 Å². The molecule has 1 amide bonds. The number of thiocarbonyl (C=S) groups is 1. The summed E-state index contributed by atoms with van der Waals surface area (Å²) in [5, 5.41) is 2.61. The molecule has 76 valence electrons. The maximum atomic E-state index is 11.1. The molecule has 0 saturated heterocycles. The number of carbonyl (C=O) groups excluding carboxylic acids is 1. The van der Waals surface area contributed by atoms with Crippen molar-refractivity contribution < 1.29 is 4.79 Å². The normalized spacial score (nSPS) is 9.38. The van der Waals surface area contributed by atoms with E-state index in [-0.39, 0.29) is 11.0 Å². The van der Waals surface area contributed by atoms with Gasteiger partial charge in [-0.1, -0.05) is 6.42 Å². The van der Waals surface area contributed by atoms with Gasteiger partial charge in [0.2, 0.25) is 5.91 Å². The number of hydrogen-bond donors (Lipinski definition) is 4. The average Bonchev–Trinajstić information content (AvgIpc) is 2.12. The van der Waals surface area contributed by atoms with Crippen molar-refractivity contribution in [1.29, 1.82) is 0 Å². The third-order valence-electron chi connectivity index (χ3n) is 1.45. The van der Waals surface area contributed by atoms with Crippen LogP contribution in [0.2, 0.25) is 0 Å². The smallest absolute Gasteiger partial charge is 0.226 e. The molecule has 0 heterocycles. The van der Waals surface area contributed by atoms with Crippen molar-refractivity contribution in [2.75, 3.05) is 5.75 Å². The standard InChI is InChI=1S/C7H15N3OS2/c8-10-7(13)9-6(11)4-2-1-3-5-12/h12H,1-5,8H2,(H2,9,10,11,13). The van der Waals surface area contributed by atoms with Gasteiger partial charge in [-0.15, -0.1) is 0 Å². The lowest BCUT2D eigenvalue weighted by molar-refractivity contribution is -0.119. The number of nitrogens with one attached hydrogen (secondary N) is 2. The third kappa shape index (κ3) is 8.01. The predicted octanol–water partition coefficient (Wildman–Crippen LogP) is 0.341. The highest BCUT2D eigenvalue weighted by Gasteiger charge is 2.01. The number of carbonyl (C=O) groups is 1. The summed E-state index contributed by atoms with van der Waals surface area (Å²) in [5.41, 5.74) is 2.18. The summed E-state index contributed by atoms with van der Waals surface area (Å²) in [4.78, 5) is 11.1. The van der Waals surface area contributed by atoms with Gasteiger partial charge in [-0.2, -0.15) is 12.6 Å². The second kappa shape index (κ2) is 8.28. The molecular weight excluding hydrogens is 206 g/mol. The Morgan fingerprint density at radius 1 is 1.38 bits per heavy atom. The van der Waals surface area contributed by atoms with Crippen LogP contribution in [0.3, 0.4) is 0 Å². The lowest BCUT2D eigenvalue weighted by Gasteiger charge is -2.04. The fourth-order valence-corrected chi connectivity index (χ4v) is 1.14. The van der Waals surface area contributed by atoms with E-state index in [0.29, 0.717) is 6.42 Å². The lowest BCUT2D eigenvalue weighted by atomic mass is 10.2. The van der Waals surface area contributed by atoms with Gasteiger partial charge in [0.25, 0.3) is 0 Å². The summed E-state index contributed by atoms with van der Waals surface area (Å²) in [6.45, 7) is 0. The first-order valence-corrected chi connectivity index (χ1v) is 5.16. The molecule has 0 bridgehead atoms. The highest BCUT2D eigenvalue weighted by molar-refractivity contribution is 7.80. The van der Waals surface area contributed by atoms with Gasteiger partial charge in [-0.3, -0.25) is 4.79 Å². The van der Waals surface area contributed by atoms with Gasteiger partial charge in [-0.05, 0) is 30.8 Å². The lowest BCUT2D eigenvalue weighted by Crippen LogP contribution is -2.42. The summed E-state index contributed by atoms with van der Waals surface area (Å²) in [6.07, 6.45) is 3.39. The molecular formula is C7H15N3OS2. The molecule has 4 nitrogen and oxygen atoms in total. The van der Waals surface area contributed by atoms with E-state index in [1.165, 1.54) is 0 Å².